The molecule has 18 heavy (non-hydrogen) atoms. The summed E-state index contributed by atoms with van der Waals surface area (Å²) in [5, 5.41) is 11.7. The third kappa shape index (κ3) is 3.92. The zero-order valence-electron chi connectivity index (χ0n) is 10.9. The van der Waals surface area contributed by atoms with Gasteiger partial charge in [0, 0.05) is 0 Å². The lowest BCUT2D eigenvalue weighted by Crippen LogP contribution is -2.34. The van der Waals surface area contributed by atoms with E-state index in [1.807, 2.05) is 18.2 Å². The average molecular weight is 253 g/mol. The van der Waals surface area contributed by atoms with Crippen molar-refractivity contribution in [3.63, 3.8) is 0 Å². The van der Waals surface area contributed by atoms with Crippen molar-refractivity contribution in [2.24, 2.45) is 0 Å². The molecule has 0 fully saturated rings. The standard InChI is InChI=1S/C13H19NO4/c1-9(13(15)16)14-7-6-10-4-5-11(17-2)12(8-10)18-3/h4-5,8-9,14H,6-7H2,1-3H3,(H,15,16). The van der Waals surface area contributed by atoms with Crippen LogP contribution in [-0.4, -0.2) is 37.9 Å². The Hall–Kier alpha value is -1.75. The number of benzene rings is 1. The molecule has 0 aliphatic rings. The number of carboxylic acids is 1. The molecule has 1 aromatic carbocycles. The summed E-state index contributed by atoms with van der Waals surface area (Å²) in [6.07, 6.45) is 0.734. The molecule has 0 amide bonds. The van der Waals surface area contributed by atoms with Gasteiger partial charge in [0.25, 0.3) is 0 Å². The summed E-state index contributed by atoms with van der Waals surface area (Å²) >= 11 is 0. The quantitative estimate of drug-likeness (QED) is 0.767. The molecule has 2 N–H and O–H groups in total. The normalized spacial score (nSPS) is 11.9. The molecule has 0 spiro atoms. The van der Waals surface area contributed by atoms with Gasteiger partial charge in [0.15, 0.2) is 11.5 Å². The Morgan fingerprint density at radius 3 is 2.56 bits per heavy atom. The highest BCUT2D eigenvalue weighted by molar-refractivity contribution is 5.72. The van der Waals surface area contributed by atoms with Gasteiger partial charge in [-0.1, -0.05) is 6.07 Å². The van der Waals surface area contributed by atoms with E-state index in [0.29, 0.717) is 18.0 Å². The van der Waals surface area contributed by atoms with E-state index in [2.05, 4.69) is 5.32 Å². The van der Waals surface area contributed by atoms with Gasteiger partial charge < -0.3 is 19.9 Å². The van der Waals surface area contributed by atoms with Crippen LogP contribution >= 0.6 is 0 Å². The first-order chi connectivity index (χ1) is 8.58. The highest BCUT2D eigenvalue weighted by Crippen LogP contribution is 2.27. The molecule has 1 unspecified atom stereocenters. The molecule has 1 rings (SSSR count). The molecular formula is C13H19NO4. The van der Waals surface area contributed by atoms with Gasteiger partial charge >= 0.3 is 5.97 Å². The van der Waals surface area contributed by atoms with Crippen molar-refractivity contribution in [1.29, 1.82) is 0 Å². The minimum atomic E-state index is -0.845. The largest absolute Gasteiger partial charge is 0.493 e. The third-order valence-corrected chi connectivity index (χ3v) is 2.68. The number of ether oxygens (including phenoxy) is 2. The second-order valence-electron chi connectivity index (χ2n) is 3.95. The van der Waals surface area contributed by atoms with E-state index >= 15 is 0 Å². The molecule has 5 heteroatoms. The average Bonchev–Trinajstić information content (AvgIpc) is 2.38. The van der Waals surface area contributed by atoms with Crippen molar-refractivity contribution in [3.8, 4) is 11.5 Å². The van der Waals surface area contributed by atoms with Crippen molar-refractivity contribution in [3.05, 3.63) is 23.8 Å². The van der Waals surface area contributed by atoms with Crippen molar-refractivity contribution in [1.82, 2.24) is 5.32 Å². The summed E-state index contributed by atoms with van der Waals surface area (Å²) in [7, 11) is 3.18. The van der Waals surface area contributed by atoms with Crippen LogP contribution in [0.25, 0.3) is 0 Å². The molecule has 5 nitrogen and oxygen atoms in total. The number of methoxy groups -OCH3 is 2. The monoisotopic (exact) mass is 253 g/mol. The Bertz CT molecular complexity index is 406. The minimum Gasteiger partial charge on any atom is -0.493 e. The number of nitrogens with one attached hydrogen (secondary N) is 1. The lowest BCUT2D eigenvalue weighted by molar-refractivity contribution is -0.138. The highest BCUT2D eigenvalue weighted by Gasteiger charge is 2.09. The number of hydrogen-bond acceptors (Lipinski definition) is 4. The van der Waals surface area contributed by atoms with Gasteiger partial charge in [-0.15, -0.1) is 0 Å². The Morgan fingerprint density at radius 2 is 2.00 bits per heavy atom. The lowest BCUT2D eigenvalue weighted by atomic mass is 10.1. The number of rotatable bonds is 7. The predicted molar refractivity (Wildman–Crippen MR) is 68.4 cm³/mol. The fourth-order valence-electron chi connectivity index (χ4n) is 1.56. The van der Waals surface area contributed by atoms with Crippen LogP contribution in [0.1, 0.15) is 12.5 Å². The molecule has 0 bridgehead atoms. The number of carboxylic acid groups (broad SMARTS) is 1. The Balaban J connectivity index is 2.55. The maximum absolute atomic E-state index is 10.6. The van der Waals surface area contributed by atoms with Gasteiger partial charge in [-0.25, -0.2) is 0 Å². The molecule has 0 saturated heterocycles. The fourth-order valence-corrected chi connectivity index (χ4v) is 1.56. The van der Waals surface area contributed by atoms with E-state index in [4.69, 9.17) is 14.6 Å². The number of hydrogen-bond donors (Lipinski definition) is 2. The second-order valence-corrected chi connectivity index (χ2v) is 3.95. The van der Waals surface area contributed by atoms with Crippen molar-refractivity contribution in [2.75, 3.05) is 20.8 Å². The van der Waals surface area contributed by atoms with Gasteiger partial charge in [0.05, 0.1) is 14.2 Å². The van der Waals surface area contributed by atoms with Crippen LogP contribution < -0.4 is 14.8 Å². The van der Waals surface area contributed by atoms with Crippen LogP contribution in [0.3, 0.4) is 0 Å². The van der Waals surface area contributed by atoms with Crippen LogP contribution in [0.15, 0.2) is 18.2 Å². The van der Waals surface area contributed by atoms with Gasteiger partial charge in [-0.2, -0.15) is 0 Å². The molecule has 100 valence electrons. The van der Waals surface area contributed by atoms with E-state index in [-0.39, 0.29) is 0 Å². The molecule has 1 atom stereocenters. The van der Waals surface area contributed by atoms with Gasteiger partial charge in [0.1, 0.15) is 6.04 Å². The molecular weight excluding hydrogens is 234 g/mol. The van der Waals surface area contributed by atoms with Crippen molar-refractivity contribution >= 4 is 5.97 Å². The Morgan fingerprint density at radius 1 is 1.33 bits per heavy atom. The van der Waals surface area contributed by atoms with Crippen molar-refractivity contribution < 1.29 is 19.4 Å². The summed E-state index contributed by atoms with van der Waals surface area (Å²) in [6, 6.07) is 5.14. The van der Waals surface area contributed by atoms with E-state index in [1.54, 1.807) is 21.1 Å². The molecule has 0 radical (unpaired) electrons. The van der Waals surface area contributed by atoms with Crippen LogP contribution in [0.2, 0.25) is 0 Å². The fraction of sp³-hybridized carbons (Fsp3) is 0.462. The zero-order valence-corrected chi connectivity index (χ0v) is 10.9. The first kappa shape index (κ1) is 14.3. The predicted octanol–water partition coefficient (Wildman–Crippen LogP) is 1.31. The van der Waals surface area contributed by atoms with E-state index < -0.39 is 12.0 Å². The first-order valence-electron chi connectivity index (χ1n) is 5.75. The van der Waals surface area contributed by atoms with Gasteiger partial charge in [-0.05, 0) is 37.6 Å². The van der Waals surface area contributed by atoms with E-state index in [1.165, 1.54) is 0 Å². The number of aliphatic carboxylic acids is 1. The Kier molecular flexibility index (Phi) is 5.45. The van der Waals surface area contributed by atoms with Crippen LogP contribution in [0.4, 0.5) is 0 Å². The molecule has 0 aromatic heterocycles. The second kappa shape index (κ2) is 6.86. The highest BCUT2D eigenvalue weighted by atomic mass is 16.5. The van der Waals surface area contributed by atoms with E-state index in [0.717, 1.165) is 12.0 Å². The van der Waals surface area contributed by atoms with Gasteiger partial charge in [0.2, 0.25) is 0 Å². The molecule has 0 saturated carbocycles. The van der Waals surface area contributed by atoms with Crippen LogP contribution in [0.5, 0.6) is 11.5 Å². The molecule has 0 aliphatic heterocycles. The maximum Gasteiger partial charge on any atom is 0.320 e. The molecule has 1 aromatic rings. The lowest BCUT2D eigenvalue weighted by Gasteiger charge is -2.11. The summed E-state index contributed by atoms with van der Waals surface area (Å²) in [5.41, 5.74) is 1.07. The minimum absolute atomic E-state index is 0.537. The summed E-state index contributed by atoms with van der Waals surface area (Å²) < 4.78 is 10.4. The summed E-state index contributed by atoms with van der Waals surface area (Å²) in [4.78, 5) is 10.6. The number of carbonyl (C=O) groups is 1. The molecule has 0 aliphatic carbocycles. The summed E-state index contributed by atoms with van der Waals surface area (Å²) in [5.74, 6) is 0.525. The smallest absolute Gasteiger partial charge is 0.320 e. The first-order valence-corrected chi connectivity index (χ1v) is 5.75. The Labute approximate surface area is 107 Å². The summed E-state index contributed by atoms with van der Waals surface area (Å²) in [6.45, 7) is 2.22. The third-order valence-electron chi connectivity index (χ3n) is 2.68. The van der Waals surface area contributed by atoms with Gasteiger partial charge in [-0.3, -0.25) is 4.79 Å². The van der Waals surface area contributed by atoms with Crippen LogP contribution in [0, 0.1) is 0 Å². The van der Waals surface area contributed by atoms with Crippen molar-refractivity contribution in [2.45, 2.75) is 19.4 Å². The van der Waals surface area contributed by atoms with Crippen LogP contribution in [-0.2, 0) is 11.2 Å². The SMILES string of the molecule is COc1ccc(CCNC(C)C(=O)O)cc1OC. The van der Waals surface area contributed by atoms with E-state index in [9.17, 15) is 4.79 Å². The topological polar surface area (TPSA) is 67.8 Å². The maximum atomic E-state index is 10.6. The molecule has 0 heterocycles. The zero-order chi connectivity index (χ0) is 13.5.